The van der Waals surface area contributed by atoms with Gasteiger partial charge in [-0.25, -0.2) is 0 Å². The van der Waals surface area contributed by atoms with Crippen molar-refractivity contribution in [1.82, 2.24) is 5.32 Å². The standard InChI is InChI=1S/C26H21NO5/c1-31-22-12-11-18(13-21-25(29)19-9-5-6-10-20(19)26(21)30)14-23(22)32-16-24(28)27-15-17-7-3-2-4-8-17/h2-14H,15-16H2,1H3,(H,27,28). The number of amides is 1. The third-order valence-electron chi connectivity index (χ3n) is 5.10. The molecule has 4 rings (SSSR count). The molecule has 160 valence electrons. The molecule has 1 aliphatic rings. The number of carbonyl (C=O) groups excluding carboxylic acids is 3. The number of methoxy groups -OCH3 is 1. The van der Waals surface area contributed by atoms with E-state index in [0.29, 0.717) is 34.7 Å². The molecule has 0 saturated heterocycles. The van der Waals surface area contributed by atoms with Crippen molar-refractivity contribution in [2.45, 2.75) is 6.54 Å². The number of ketones is 2. The zero-order chi connectivity index (χ0) is 22.5. The number of nitrogens with one attached hydrogen (secondary N) is 1. The fraction of sp³-hybridized carbons (Fsp3) is 0.115. The first-order valence-corrected chi connectivity index (χ1v) is 10.1. The zero-order valence-corrected chi connectivity index (χ0v) is 17.5. The Labute approximate surface area is 185 Å². The van der Waals surface area contributed by atoms with E-state index in [0.717, 1.165) is 5.56 Å². The summed E-state index contributed by atoms with van der Waals surface area (Å²) in [5.41, 5.74) is 2.49. The van der Waals surface area contributed by atoms with Crippen LogP contribution in [0.3, 0.4) is 0 Å². The third kappa shape index (κ3) is 4.44. The molecule has 32 heavy (non-hydrogen) atoms. The lowest BCUT2D eigenvalue weighted by molar-refractivity contribution is -0.123. The molecule has 6 heteroatoms. The molecule has 0 atom stereocenters. The van der Waals surface area contributed by atoms with E-state index >= 15 is 0 Å². The van der Waals surface area contributed by atoms with Crippen LogP contribution in [-0.4, -0.2) is 31.2 Å². The summed E-state index contributed by atoms with van der Waals surface area (Å²) in [6.45, 7) is 0.198. The van der Waals surface area contributed by atoms with Crippen molar-refractivity contribution < 1.29 is 23.9 Å². The van der Waals surface area contributed by atoms with Gasteiger partial charge in [-0.1, -0.05) is 60.7 Å². The Kier molecular flexibility index (Phi) is 6.12. The van der Waals surface area contributed by atoms with Gasteiger partial charge in [-0.05, 0) is 29.3 Å². The summed E-state index contributed by atoms with van der Waals surface area (Å²) in [6.07, 6.45) is 1.53. The van der Waals surface area contributed by atoms with Crippen LogP contribution in [0.15, 0.2) is 78.4 Å². The molecule has 1 aliphatic carbocycles. The van der Waals surface area contributed by atoms with E-state index in [9.17, 15) is 14.4 Å². The number of benzene rings is 3. The van der Waals surface area contributed by atoms with Gasteiger partial charge in [0.05, 0.1) is 12.7 Å². The lowest BCUT2D eigenvalue weighted by Crippen LogP contribution is -2.28. The van der Waals surface area contributed by atoms with E-state index < -0.39 is 0 Å². The smallest absolute Gasteiger partial charge is 0.258 e. The summed E-state index contributed by atoms with van der Waals surface area (Å²) in [5, 5.41) is 2.80. The Balaban J connectivity index is 1.47. The highest BCUT2D eigenvalue weighted by molar-refractivity contribution is 6.41. The van der Waals surface area contributed by atoms with Gasteiger partial charge in [0.1, 0.15) is 0 Å². The molecule has 6 nitrogen and oxygen atoms in total. The van der Waals surface area contributed by atoms with Crippen LogP contribution in [0.5, 0.6) is 11.5 Å². The van der Waals surface area contributed by atoms with Crippen molar-refractivity contribution in [3.05, 3.63) is 101 Å². The Morgan fingerprint density at radius 3 is 2.19 bits per heavy atom. The first-order chi connectivity index (χ1) is 15.6. The van der Waals surface area contributed by atoms with Crippen LogP contribution in [0.1, 0.15) is 31.8 Å². The molecule has 0 spiro atoms. The maximum atomic E-state index is 12.6. The monoisotopic (exact) mass is 427 g/mol. The molecular weight excluding hydrogens is 406 g/mol. The first kappa shape index (κ1) is 21.1. The van der Waals surface area contributed by atoms with Gasteiger partial charge in [0.15, 0.2) is 29.7 Å². The Bertz CT molecular complexity index is 1180. The van der Waals surface area contributed by atoms with Crippen molar-refractivity contribution in [3.63, 3.8) is 0 Å². The van der Waals surface area contributed by atoms with Gasteiger partial charge in [0, 0.05) is 17.7 Å². The van der Waals surface area contributed by atoms with Gasteiger partial charge in [-0.3, -0.25) is 14.4 Å². The highest BCUT2D eigenvalue weighted by Gasteiger charge is 2.32. The Hall–Kier alpha value is -4.19. The second kappa shape index (κ2) is 9.31. The number of allylic oxidation sites excluding steroid dienone is 1. The third-order valence-corrected chi connectivity index (χ3v) is 5.10. The van der Waals surface area contributed by atoms with E-state index in [1.54, 1.807) is 42.5 Å². The lowest BCUT2D eigenvalue weighted by atomic mass is 10.1. The minimum atomic E-state index is -0.302. The molecule has 0 heterocycles. The Morgan fingerprint density at radius 2 is 1.53 bits per heavy atom. The van der Waals surface area contributed by atoms with Crippen LogP contribution < -0.4 is 14.8 Å². The molecule has 1 amide bonds. The number of Topliss-reactive ketones (excluding diaryl/α,β-unsaturated/α-hetero) is 2. The number of fused-ring (bicyclic) bond motifs is 1. The summed E-state index contributed by atoms with van der Waals surface area (Å²) in [4.78, 5) is 37.4. The van der Waals surface area contributed by atoms with Gasteiger partial charge in [-0.2, -0.15) is 0 Å². The quantitative estimate of drug-likeness (QED) is 0.458. The van der Waals surface area contributed by atoms with Crippen LogP contribution in [0, 0.1) is 0 Å². The van der Waals surface area contributed by atoms with Crippen LogP contribution in [-0.2, 0) is 11.3 Å². The predicted molar refractivity (Wildman–Crippen MR) is 120 cm³/mol. The van der Waals surface area contributed by atoms with E-state index in [4.69, 9.17) is 9.47 Å². The summed E-state index contributed by atoms with van der Waals surface area (Å²) in [5.74, 6) is -0.105. The van der Waals surface area contributed by atoms with E-state index in [1.807, 2.05) is 30.3 Å². The van der Waals surface area contributed by atoms with E-state index in [-0.39, 0.29) is 29.7 Å². The van der Waals surface area contributed by atoms with Crippen LogP contribution in [0.25, 0.3) is 6.08 Å². The molecule has 0 fully saturated rings. The van der Waals surface area contributed by atoms with Crippen molar-refractivity contribution in [2.24, 2.45) is 0 Å². The molecule has 0 saturated carbocycles. The summed E-state index contributed by atoms with van der Waals surface area (Å²) in [7, 11) is 1.50. The molecule has 0 bridgehead atoms. The summed E-state index contributed by atoms with van der Waals surface area (Å²) < 4.78 is 11.0. The van der Waals surface area contributed by atoms with Crippen molar-refractivity contribution >= 4 is 23.5 Å². The number of ether oxygens (including phenoxy) is 2. The average molecular weight is 427 g/mol. The number of hydrogen-bond donors (Lipinski definition) is 1. The van der Waals surface area contributed by atoms with Crippen LogP contribution >= 0.6 is 0 Å². The van der Waals surface area contributed by atoms with Crippen LogP contribution in [0.4, 0.5) is 0 Å². The number of rotatable bonds is 7. The van der Waals surface area contributed by atoms with Gasteiger partial charge in [-0.15, -0.1) is 0 Å². The molecule has 0 unspecified atom stereocenters. The highest BCUT2D eigenvalue weighted by Crippen LogP contribution is 2.31. The highest BCUT2D eigenvalue weighted by atomic mass is 16.5. The second-order valence-electron chi connectivity index (χ2n) is 7.22. The second-order valence-corrected chi connectivity index (χ2v) is 7.22. The fourth-order valence-corrected chi connectivity index (χ4v) is 3.46. The lowest BCUT2D eigenvalue weighted by Gasteiger charge is -2.12. The van der Waals surface area contributed by atoms with Gasteiger partial charge >= 0.3 is 0 Å². The molecular formula is C26H21NO5. The molecule has 3 aromatic carbocycles. The average Bonchev–Trinajstić information content (AvgIpc) is 3.07. The maximum Gasteiger partial charge on any atom is 0.258 e. The largest absolute Gasteiger partial charge is 0.493 e. The van der Waals surface area contributed by atoms with Gasteiger partial charge < -0.3 is 14.8 Å². The number of carbonyl (C=O) groups is 3. The molecule has 1 N–H and O–H groups in total. The zero-order valence-electron chi connectivity index (χ0n) is 17.5. The normalized spacial score (nSPS) is 12.3. The van der Waals surface area contributed by atoms with Gasteiger partial charge in [0.2, 0.25) is 0 Å². The summed E-state index contributed by atoms with van der Waals surface area (Å²) >= 11 is 0. The van der Waals surface area contributed by atoms with Gasteiger partial charge in [0.25, 0.3) is 5.91 Å². The number of hydrogen-bond acceptors (Lipinski definition) is 5. The van der Waals surface area contributed by atoms with Crippen LogP contribution in [0.2, 0.25) is 0 Å². The van der Waals surface area contributed by atoms with E-state index in [2.05, 4.69) is 5.32 Å². The molecule has 0 aromatic heterocycles. The summed E-state index contributed by atoms with van der Waals surface area (Å²) in [6, 6.07) is 21.3. The first-order valence-electron chi connectivity index (χ1n) is 10.1. The maximum absolute atomic E-state index is 12.6. The predicted octanol–water partition coefficient (Wildman–Crippen LogP) is 3.85. The minimum absolute atomic E-state index is 0.0999. The SMILES string of the molecule is COc1ccc(C=C2C(=O)c3ccccc3C2=O)cc1OCC(=O)NCc1ccccc1. The fourth-order valence-electron chi connectivity index (χ4n) is 3.46. The minimum Gasteiger partial charge on any atom is -0.493 e. The topological polar surface area (TPSA) is 81.7 Å². The van der Waals surface area contributed by atoms with E-state index in [1.165, 1.54) is 13.2 Å². The molecule has 0 aliphatic heterocycles. The molecule has 0 radical (unpaired) electrons. The van der Waals surface area contributed by atoms with Crippen molar-refractivity contribution in [3.8, 4) is 11.5 Å². The molecule has 3 aromatic rings. The Morgan fingerprint density at radius 1 is 0.875 bits per heavy atom. The van der Waals surface area contributed by atoms with Crippen molar-refractivity contribution in [2.75, 3.05) is 13.7 Å². The van der Waals surface area contributed by atoms with Crippen molar-refractivity contribution in [1.29, 1.82) is 0 Å².